The fourth-order valence-corrected chi connectivity index (χ4v) is 6.04. The van der Waals surface area contributed by atoms with Gasteiger partial charge < -0.3 is 10.2 Å². The molecule has 0 radical (unpaired) electrons. The van der Waals surface area contributed by atoms with Crippen LogP contribution in [0.15, 0.2) is 23.3 Å². The first-order chi connectivity index (χ1) is 9.88. The Morgan fingerprint density at radius 1 is 1.05 bits per heavy atom. The van der Waals surface area contributed by atoms with Gasteiger partial charge in [-0.05, 0) is 56.8 Å². The Morgan fingerprint density at radius 2 is 1.86 bits per heavy atom. The summed E-state index contributed by atoms with van der Waals surface area (Å²) >= 11 is 0. The minimum absolute atomic E-state index is 0.253. The van der Waals surface area contributed by atoms with Gasteiger partial charge in [0.25, 0.3) is 0 Å². The molecule has 2 N–H and O–H groups in total. The lowest BCUT2D eigenvalue weighted by molar-refractivity contribution is -0.230. The van der Waals surface area contributed by atoms with Gasteiger partial charge in [-0.3, -0.25) is 0 Å². The standard InChI is InChI=1S/C19H28O2/c1-17-10-4-3-5-13(17)6-7-14-15(17)8-11-18(2)16(14)9-12-19(18,20)21/h4,10,13,16,20-21H,3,5-9,11-12H2,1-2H3/t13?,16-,17-,18-/m0/s1. The third kappa shape index (κ3) is 1.66. The van der Waals surface area contributed by atoms with Crippen molar-refractivity contribution in [3.05, 3.63) is 23.3 Å². The zero-order chi connectivity index (χ0) is 14.9. The van der Waals surface area contributed by atoms with Gasteiger partial charge in [0.2, 0.25) is 0 Å². The highest BCUT2D eigenvalue weighted by Crippen LogP contribution is 2.64. The molecule has 2 nitrogen and oxygen atoms in total. The van der Waals surface area contributed by atoms with Crippen molar-refractivity contribution in [2.75, 3.05) is 0 Å². The van der Waals surface area contributed by atoms with Gasteiger partial charge in [-0.2, -0.15) is 0 Å². The van der Waals surface area contributed by atoms with Crippen LogP contribution in [-0.2, 0) is 0 Å². The van der Waals surface area contributed by atoms with E-state index in [2.05, 4.69) is 26.0 Å². The van der Waals surface area contributed by atoms with Gasteiger partial charge in [-0.1, -0.05) is 37.1 Å². The normalized spacial score (nSPS) is 47.8. The molecule has 4 aliphatic carbocycles. The molecule has 116 valence electrons. The summed E-state index contributed by atoms with van der Waals surface area (Å²) in [5, 5.41) is 20.9. The summed E-state index contributed by atoms with van der Waals surface area (Å²) in [5.41, 5.74) is 3.19. The molecular formula is C19H28O2. The summed E-state index contributed by atoms with van der Waals surface area (Å²) in [6.45, 7) is 4.55. The van der Waals surface area contributed by atoms with Gasteiger partial charge in [0, 0.05) is 17.3 Å². The minimum Gasteiger partial charge on any atom is -0.365 e. The summed E-state index contributed by atoms with van der Waals surface area (Å²) in [7, 11) is 0. The van der Waals surface area contributed by atoms with Crippen molar-refractivity contribution >= 4 is 0 Å². The van der Waals surface area contributed by atoms with Crippen molar-refractivity contribution in [3.8, 4) is 0 Å². The third-order valence-corrected chi connectivity index (χ3v) is 7.57. The van der Waals surface area contributed by atoms with Gasteiger partial charge >= 0.3 is 0 Å². The molecule has 0 amide bonds. The summed E-state index contributed by atoms with van der Waals surface area (Å²) in [4.78, 5) is 0. The molecule has 4 atom stereocenters. The van der Waals surface area contributed by atoms with Crippen LogP contribution in [0.5, 0.6) is 0 Å². The fraction of sp³-hybridized carbons (Fsp3) is 0.789. The Morgan fingerprint density at radius 3 is 2.67 bits per heavy atom. The molecule has 21 heavy (non-hydrogen) atoms. The second kappa shape index (κ2) is 4.23. The van der Waals surface area contributed by atoms with Crippen LogP contribution in [0.1, 0.15) is 65.2 Å². The summed E-state index contributed by atoms with van der Waals surface area (Å²) in [6.07, 6.45) is 13.4. The quantitative estimate of drug-likeness (QED) is 0.523. The third-order valence-electron chi connectivity index (χ3n) is 7.57. The highest BCUT2D eigenvalue weighted by molar-refractivity contribution is 5.38. The molecular weight excluding hydrogens is 260 g/mol. The molecule has 1 fully saturated rings. The molecule has 4 rings (SSSR count). The second-order valence-corrected chi connectivity index (χ2v) is 8.33. The Balaban J connectivity index is 1.80. The van der Waals surface area contributed by atoms with Crippen molar-refractivity contribution in [2.45, 2.75) is 71.0 Å². The first kappa shape index (κ1) is 14.0. The van der Waals surface area contributed by atoms with E-state index in [1.807, 2.05) is 0 Å². The van der Waals surface area contributed by atoms with Gasteiger partial charge in [-0.25, -0.2) is 0 Å². The van der Waals surface area contributed by atoms with Crippen LogP contribution in [0.4, 0.5) is 0 Å². The summed E-state index contributed by atoms with van der Waals surface area (Å²) in [5.74, 6) is -0.263. The van der Waals surface area contributed by atoms with Crippen LogP contribution in [0.3, 0.4) is 0 Å². The molecule has 0 aromatic heterocycles. The maximum atomic E-state index is 10.5. The van der Waals surface area contributed by atoms with Gasteiger partial charge in [0.1, 0.15) is 0 Å². The molecule has 0 aromatic rings. The van der Waals surface area contributed by atoms with E-state index in [1.54, 1.807) is 11.1 Å². The molecule has 1 unspecified atom stereocenters. The average molecular weight is 288 g/mol. The van der Waals surface area contributed by atoms with Crippen LogP contribution >= 0.6 is 0 Å². The van der Waals surface area contributed by atoms with E-state index >= 15 is 0 Å². The van der Waals surface area contributed by atoms with Crippen LogP contribution in [0, 0.1) is 22.7 Å². The van der Waals surface area contributed by atoms with E-state index in [1.165, 1.54) is 25.7 Å². The predicted molar refractivity (Wildman–Crippen MR) is 83.5 cm³/mol. The fourth-order valence-electron chi connectivity index (χ4n) is 6.04. The Hall–Kier alpha value is -0.600. The van der Waals surface area contributed by atoms with E-state index < -0.39 is 5.79 Å². The molecule has 0 saturated heterocycles. The Labute approximate surface area is 127 Å². The van der Waals surface area contributed by atoms with Crippen LogP contribution in [-0.4, -0.2) is 16.0 Å². The number of allylic oxidation sites excluding steroid dienone is 4. The maximum absolute atomic E-state index is 10.5. The van der Waals surface area contributed by atoms with Crippen LogP contribution in [0.2, 0.25) is 0 Å². The minimum atomic E-state index is -1.46. The number of aliphatic hydroxyl groups is 2. The van der Waals surface area contributed by atoms with E-state index in [-0.39, 0.29) is 10.8 Å². The van der Waals surface area contributed by atoms with Crippen LogP contribution < -0.4 is 0 Å². The molecule has 0 aromatic carbocycles. The van der Waals surface area contributed by atoms with Crippen LogP contribution in [0.25, 0.3) is 0 Å². The molecule has 4 aliphatic rings. The molecule has 0 spiro atoms. The lowest BCUT2D eigenvalue weighted by atomic mass is 9.53. The first-order valence-electron chi connectivity index (χ1n) is 8.73. The van der Waals surface area contributed by atoms with Crippen molar-refractivity contribution in [2.24, 2.45) is 22.7 Å². The lowest BCUT2D eigenvalue weighted by Crippen LogP contribution is -2.49. The maximum Gasteiger partial charge on any atom is 0.168 e. The zero-order valence-electron chi connectivity index (χ0n) is 13.4. The Kier molecular flexibility index (Phi) is 2.83. The number of rotatable bonds is 0. The van der Waals surface area contributed by atoms with E-state index in [0.29, 0.717) is 12.3 Å². The van der Waals surface area contributed by atoms with E-state index in [0.717, 1.165) is 25.2 Å². The molecule has 0 heterocycles. The highest BCUT2D eigenvalue weighted by Gasteiger charge is 2.60. The first-order valence-corrected chi connectivity index (χ1v) is 8.73. The molecule has 2 heteroatoms. The van der Waals surface area contributed by atoms with Crippen molar-refractivity contribution in [1.82, 2.24) is 0 Å². The molecule has 1 saturated carbocycles. The summed E-state index contributed by atoms with van der Waals surface area (Å²) < 4.78 is 0. The number of fused-ring (bicyclic) bond motifs is 4. The van der Waals surface area contributed by atoms with Gasteiger partial charge in [-0.15, -0.1) is 0 Å². The predicted octanol–water partition coefficient (Wildman–Crippen LogP) is 3.94. The van der Waals surface area contributed by atoms with Gasteiger partial charge in [0.05, 0.1) is 0 Å². The lowest BCUT2D eigenvalue weighted by Gasteiger charge is -2.52. The van der Waals surface area contributed by atoms with Crippen molar-refractivity contribution in [3.63, 3.8) is 0 Å². The topological polar surface area (TPSA) is 40.5 Å². The summed E-state index contributed by atoms with van der Waals surface area (Å²) in [6, 6.07) is 0. The highest BCUT2D eigenvalue weighted by atomic mass is 16.5. The number of hydrogen-bond donors (Lipinski definition) is 2. The van der Waals surface area contributed by atoms with Gasteiger partial charge in [0.15, 0.2) is 5.79 Å². The van der Waals surface area contributed by atoms with Crippen molar-refractivity contribution < 1.29 is 10.2 Å². The monoisotopic (exact) mass is 288 g/mol. The molecule has 0 aliphatic heterocycles. The van der Waals surface area contributed by atoms with Crippen molar-refractivity contribution in [1.29, 1.82) is 0 Å². The molecule has 0 bridgehead atoms. The Bertz CT molecular complexity index is 530. The van der Waals surface area contributed by atoms with E-state index in [4.69, 9.17) is 0 Å². The SMILES string of the molecule is C[C@]12CCC3=C(CCC4CCC=C[C@]34C)[C@@H]1CCC2(O)O. The smallest absolute Gasteiger partial charge is 0.168 e. The zero-order valence-corrected chi connectivity index (χ0v) is 13.4. The van der Waals surface area contributed by atoms with E-state index in [9.17, 15) is 10.2 Å². The second-order valence-electron chi connectivity index (χ2n) is 8.33. The average Bonchev–Trinajstić information content (AvgIpc) is 2.69. The number of hydrogen-bond acceptors (Lipinski definition) is 2. The largest absolute Gasteiger partial charge is 0.365 e.